The summed E-state index contributed by atoms with van der Waals surface area (Å²) in [5.41, 5.74) is 3.08. The van der Waals surface area contributed by atoms with Crippen LogP contribution in [0, 0.1) is 35.0 Å². The summed E-state index contributed by atoms with van der Waals surface area (Å²) in [6.07, 6.45) is 2.56. The van der Waals surface area contributed by atoms with Crippen LogP contribution in [0.1, 0.15) is 71.2 Å². The highest BCUT2D eigenvalue weighted by atomic mass is 19.2. The Balaban J connectivity index is 1.21. The van der Waals surface area contributed by atoms with E-state index in [2.05, 4.69) is 17.1 Å². The molecule has 4 aromatic rings. The van der Waals surface area contributed by atoms with Crippen molar-refractivity contribution in [3.05, 3.63) is 130 Å². The summed E-state index contributed by atoms with van der Waals surface area (Å²) in [4.78, 5) is 15.0. The number of rotatable bonds is 9. The summed E-state index contributed by atoms with van der Waals surface area (Å²) in [6.45, 7) is 4.71. The zero-order valence-corrected chi connectivity index (χ0v) is 26.9. The number of ether oxygens (including phenoxy) is 2. The normalized spacial score (nSPS) is 21.4. The van der Waals surface area contributed by atoms with Crippen LogP contribution < -0.4 is 5.32 Å². The minimum Gasteiger partial charge on any atom is -0.392 e. The summed E-state index contributed by atoms with van der Waals surface area (Å²) in [5.74, 6) is -12.5. The highest BCUT2D eigenvalue weighted by molar-refractivity contribution is 5.95. The first-order valence-corrected chi connectivity index (χ1v) is 16.4. The fraction of sp³-hybridized carbons (Fsp3) is 0.342. The van der Waals surface area contributed by atoms with Crippen molar-refractivity contribution in [2.75, 3.05) is 19.6 Å². The van der Waals surface area contributed by atoms with Gasteiger partial charge in [0.25, 0.3) is 5.91 Å². The van der Waals surface area contributed by atoms with Gasteiger partial charge >= 0.3 is 0 Å². The van der Waals surface area contributed by atoms with Crippen LogP contribution >= 0.6 is 0 Å². The van der Waals surface area contributed by atoms with Gasteiger partial charge in [0.05, 0.1) is 18.8 Å². The number of aliphatic hydroxyl groups excluding tert-OH is 1. The van der Waals surface area contributed by atoms with Crippen molar-refractivity contribution in [1.29, 1.82) is 0 Å². The molecule has 0 spiro atoms. The quantitative estimate of drug-likeness (QED) is 0.108. The summed E-state index contributed by atoms with van der Waals surface area (Å²) < 4.78 is 82.5. The van der Waals surface area contributed by atoms with Gasteiger partial charge in [0, 0.05) is 24.6 Å². The fourth-order valence-corrected chi connectivity index (χ4v) is 6.57. The lowest BCUT2D eigenvalue weighted by atomic mass is 9.89. The third-order valence-electron chi connectivity index (χ3n) is 9.40. The van der Waals surface area contributed by atoms with Gasteiger partial charge in [-0.25, -0.2) is 22.0 Å². The molecule has 0 saturated carbocycles. The van der Waals surface area contributed by atoms with E-state index in [0.29, 0.717) is 11.1 Å². The number of hydrogen-bond donors (Lipinski definition) is 2. The molecule has 2 fully saturated rings. The van der Waals surface area contributed by atoms with E-state index in [4.69, 9.17) is 9.47 Å². The Labute approximate surface area is 281 Å². The molecule has 2 aliphatic rings. The lowest BCUT2D eigenvalue weighted by Crippen LogP contribution is -2.45. The number of benzene rings is 4. The number of amides is 1. The van der Waals surface area contributed by atoms with Crippen molar-refractivity contribution >= 4 is 5.91 Å². The highest BCUT2D eigenvalue weighted by Crippen LogP contribution is 2.42. The van der Waals surface area contributed by atoms with Gasteiger partial charge in [-0.05, 0) is 53.7 Å². The predicted octanol–water partition coefficient (Wildman–Crippen LogP) is 7.75. The van der Waals surface area contributed by atoms with Crippen LogP contribution in [0.2, 0.25) is 0 Å². The predicted molar refractivity (Wildman–Crippen MR) is 173 cm³/mol. The Bertz CT molecular complexity index is 1750. The summed E-state index contributed by atoms with van der Waals surface area (Å²) >= 11 is 0. The molecular formula is C38H37F5N2O4. The molecule has 2 N–H and O–H groups in total. The number of nitrogens with zero attached hydrogens (tertiary/aromatic N) is 1. The first-order chi connectivity index (χ1) is 23.7. The van der Waals surface area contributed by atoms with E-state index < -0.39 is 46.8 Å². The number of aliphatic hydroxyl groups is 1. The molecule has 0 bridgehead atoms. The van der Waals surface area contributed by atoms with Crippen molar-refractivity contribution in [2.45, 2.75) is 57.8 Å². The van der Waals surface area contributed by atoms with E-state index in [1.807, 2.05) is 48.5 Å². The van der Waals surface area contributed by atoms with Gasteiger partial charge in [-0.3, -0.25) is 4.79 Å². The molecule has 6 nitrogen and oxygen atoms in total. The van der Waals surface area contributed by atoms with Crippen molar-refractivity contribution in [3.8, 4) is 11.1 Å². The van der Waals surface area contributed by atoms with Gasteiger partial charge in [0.15, 0.2) is 29.6 Å². The van der Waals surface area contributed by atoms with Crippen LogP contribution in [0.5, 0.6) is 0 Å². The minimum atomic E-state index is -2.33. The highest BCUT2D eigenvalue weighted by Gasteiger charge is 2.39. The molecule has 2 aliphatic heterocycles. The number of likely N-dealkylation sites (tertiary alicyclic amines) is 1. The van der Waals surface area contributed by atoms with Crippen molar-refractivity contribution < 1.29 is 41.3 Å². The van der Waals surface area contributed by atoms with Gasteiger partial charge < -0.3 is 24.8 Å². The Kier molecular flexibility index (Phi) is 10.7. The Morgan fingerprint density at radius 2 is 1.41 bits per heavy atom. The number of carbonyl (C=O) groups is 1. The Hall–Kier alpha value is -4.16. The van der Waals surface area contributed by atoms with Crippen molar-refractivity contribution in [3.63, 3.8) is 0 Å². The lowest BCUT2D eigenvalue weighted by Gasteiger charge is -2.43. The minimum absolute atomic E-state index is 0.0438. The molecule has 1 amide bonds. The number of piperidine rings is 1. The summed E-state index contributed by atoms with van der Waals surface area (Å²) in [7, 11) is 0. The van der Waals surface area contributed by atoms with E-state index in [9.17, 15) is 31.9 Å². The molecule has 4 aromatic carbocycles. The SMILES string of the molecule is C[C@H]1[C@@H](CN2CCCCC2)O[C@@H](c2ccc(-c3ccccc3CNC(=O)c3c(F)c(F)c(F)c(F)c3F)cc2)O[C@H]1c1ccc(CO)cc1. The Morgan fingerprint density at radius 1 is 0.796 bits per heavy atom. The van der Waals surface area contributed by atoms with Gasteiger partial charge in [-0.1, -0.05) is 86.1 Å². The average Bonchev–Trinajstić information content (AvgIpc) is 3.14. The smallest absolute Gasteiger partial charge is 0.257 e. The lowest BCUT2D eigenvalue weighted by molar-refractivity contribution is -0.276. The second kappa shape index (κ2) is 15.2. The summed E-state index contributed by atoms with van der Waals surface area (Å²) in [5, 5.41) is 11.8. The molecule has 0 aliphatic carbocycles. The van der Waals surface area contributed by atoms with E-state index in [0.717, 1.165) is 54.7 Å². The second-order valence-electron chi connectivity index (χ2n) is 12.6. The van der Waals surface area contributed by atoms with Crippen LogP contribution in [-0.4, -0.2) is 41.7 Å². The van der Waals surface area contributed by atoms with Gasteiger partial charge in [0.1, 0.15) is 5.56 Å². The molecule has 6 rings (SSSR count). The van der Waals surface area contributed by atoms with Crippen LogP contribution in [0.25, 0.3) is 11.1 Å². The van der Waals surface area contributed by atoms with Crippen LogP contribution in [-0.2, 0) is 22.6 Å². The van der Waals surface area contributed by atoms with E-state index in [1.54, 1.807) is 24.3 Å². The van der Waals surface area contributed by atoms with Crippen molar-refractivity contribution in [2.24, 2.45) is 5.92 Å². The molecule has 0 unspecified atom stereocenters. The maximum atomic E-state index is 14.2. The maximum Gasteiger partial charge on any atom is 0.257 e. The average molecular weight is 681 g/mol. The first-order valence-electron chi connectivity index (χ1n) is 16.4. The van der Waals surface area contributed by atoms with Gasteiger partial charge in [0.2, 0.25) is 5.82 Å². The first kappa shape index (κ1) is 34.7. The molecule has 11 heteroatoms. The van der Waals surface area contributed by atoms with E-state index in [-0.39, 0.29) is 31.3 Å². The van der Waals surface area contributed by atoms with E-state index >= 15 is 0 Å². The zero-order chi connectivity index (χ0) is 34.7. The molecule has 0 aromatic heterocycles. The third kappa shape index (κ3) is 7.40. The van der Waals surface area contributed by atoms with E-state index in [1.165, 1.54) is 6.42 Å². The molecular weight excluding hydrogens is 643 g/mol. The number of hydrogen-bond acceptors (Lipinski definition) is 5. The second-order valence-corrected chi connectivity index (χ2v) is 12.6. The largest absolute Gasteiger partial charge is 0.392 e. The van der Waals surface area contributed by atoms with Crippen LogP contribution in [0.3, 0.4) is 0 Å². The molecule has 2 saturated heterocycles. The molecule has 0 radical (unpaired) electrons. The molecule has 49 heavy (non-hydrogen) atoms. The third-order valence-corrected chi connectivity index (χ3v) is 9.40. The standard InChI is InChI=1S/C38H37F5N2O4/c1-22-29(20-45-17-5-2-6-18-45)48-38(49-36(22)25-11-9-23(21-46)10-12-25)26-15-13-24(14-16-26)28-8-4-3-7-27(28)19-44-37(47)30-31(39)33(41)35(43)34(42)32(30)40/h3-4,7-16,22,29,36,38,46H,2,5-6,17-21H2,1H3,(H,44,47)/t22-,29+,36+,38+/m0/s1. The monoisotopic (exact) mass is 680 g/mol. The van der Waals surface area contributed by atoms with Crippen LogP contribution in [0.4, 0.5) is 22.0 Å². The van der Waals surface area contributed by atoms with Crippen LogP contribution in [0.15, 0.2) is 72.8 Å². The number of carbonyl (C=O) groups excluding carboxylic acids is 1. The van der Waals surface area contributed by atoms with Gasteiger partial charge in [-0.15, -0.1) is 0 Å². The Morgan fingerprint density at radius 3 is 2.06 bits per heavy atom. The fourth-order valence-electron chi connectivity index (χ4n) is 6.57. The molecule has 4 atom stereocenters. The number of nitrogens with one attached hydrogen (secondary N) is 1. The topological polar surface area (TPSA) is 71.0 Å². The number of halogens is 5. The summed E-state index contributed by atoms with van der Waals surface area (Å²) in [6, 6.07) is 22.3. The van der Waals surface area contributed by atoms with Crippen molar-refractivity contribution in [1.82, 2.24) is 10.2 Å². The molecule has 258 valence electrons. The zero-order valence-electron chi connectivity index (χ0n) is 26.9. The molecule has 2 heterocycles. The van der Waals surface area contributed by atoms with Gasteiger partial charge in [-0.2, -0.15) is 0 Å². The maximum absolute atomic E-state index is 14.2.